The fourth-order valence-electron chi connectivity index (χ4n) is 2.26. The van der Waals surface area contributed by atoms with Crippen molar-refractivity contribution in [3.63, 3.8) is 0 Å². The van der Waals surface area contributed by atoms with Gasteiger partial charge in [-0.3, -0.25) is 4.98 Å². The lowest BCUT2D eigenvalue weighted by Gasteiger charge is -2.09. The van der Waals surface area contributed by atoms with Crippen LogP contribution in [-0.4, -0.2) is 24.5 Å². The normalized spacial score (nSPS) is 11.3. The molecule has 3 rings (SSSR count). The lowest BCUT2D eigenvalue weighted by atomic mass is 10.3. The molecule has 22 heavy (non-hydrogen) atoms. The summed E-state index contributed by atoms with van der Waals surface area (Å²) in [5.74, 6) is 0.380. The summed E-state index contributed by atoms with van der Waals surface area (Å²) < 4.78 is 15.5. The molecule has 0 unspecified atom stereocenters. The molecule has 6 nitrogen and oxygen atoms in total. The molecule has 0 aliphatic rings. The number of pyridine rings is 1. The fourth-order valence-corrected chi connectivity index (χ4v) is 2.26. The largest absolute Gasteiger partial charge is 0.362 e. The molecule has 0 saturated carbocycles. The Hall–Kier alpha value is -2.57. The highest BCUT2D eigenvalue weighted by molar-refractivity contribution is 5.82. The summed E-state index contributed by atoms with van der Waals surface area (Å²) >= 11 is 0. The maximum atomic E-state index is 13.7. The maximum Gasteiger partial charge on any atom is 0.312 e. The van der Waals surface area contributed by atoms with E-state index in [1.807, 2.05) is 43.5 Å². The summed E-state index contributed by atoms with van der Waals surface area (Å²) in [6, 6.07) is 5.91. The van der Waals surface area contributed by atoms with Gasteiger partial charge in [-0.1, -0.05) is 6.07 Å². The van der Waals surface area contributed by atoms with Crippen LogP contribution in [0.4, 0.5) is 10.2 Å². The molecule has 0 spiro atoms. The van der Waals surface area contributed by atoms with Crippen LogP contribution in [0.15, 0.2) is 24.5 Å². The minimum absolute atomic E-state index is 0.144. The van der Waals surface area contributed by atoms with Crippen LogP contribution in [0.1, 0.15) is 31.3 Å². The summed E-state index contributed by atoms with van der Waals surface area (Å²) in [6.07, 6.45) is 0.883. The molecule has 0 aromatic carbocycles. The summed E-state index contributed by atoms with van der Waals surface area (Å²) in [4.78, 5) is 16.4. The van der Waals surface area contributed by atoms with E-state index < -0.39 is 6.08 Å². The molecule has 114 valence electrons. The Morgan fingerprint density at radius 1 is 1.23 bits per heavy atom. The molecule has 3 heterocycles. The number of aryl methyl sites for hydroxylation is 1. The first-order valence-electron chi connectivity index (χ1n) is 7.11. The smallest absolute Gasteiger partial charge is 0.312 e. The Kier molecular flexibility index (Phi) is 3.70. The number of hydrogen-bond acceptors (Lipinski definition) is 5. The Morgan fingerprint density at radius 3 is 2.77 bits per heavy atom. The molecule has 0 atom stereocenters. The molecule has 0 saturated heterocycles. The summed E-state index contributed by atoms with van der Waals surface area (Å²) in [5.41, 5.74) is 2.84. The van der Waals surface area contributed by atoms with Crippen LogP contribution in [0.25, 0.3) is 11.2 Å². The van der Waals surface area contributed by atoms with E-state index in [1.165, 1.54) is 0 Å². The Morgan fingerprint density at radius 2 is 2.05 bits per heavy atom. The van der Waals surface area contributed by atoms with E-state index in [9.17, 15) is 4.39 Å². The second kappa shape index (κ2) is 5.67. The van der Waals surface area contributed by atoms with Crippen molar-refractivity contribution in [2.45, 2.75) is 33.4 Å². The molecule has 0 bridgehead atoms. The molecule has 0 aliphatic carbocycles. The molecular weight excluding hydrogens is 283 g/mol. The van der Waals surface area contributed by atoms with Gasteiger partial charge < -0.3 is 9.88 Å². The van der Waals surface area contributed by atoms with Gasteiger partial charge in [0.05, 0.1) is 18.6 Å². The number of nitrogens with zero attached hydrogens (tertiary/aromatic N) is 5. The van der Waals surface area contributed by atoms with Crippen LogP contribution < -0.4 is 5.32 Å². The predicted molar refractivity (Wildman–Crippen MR) is 82.0 cm³/mol. The van der Waals surface area contributed by atoms with Crippen molar-refractivity contribution < 1.29 is 4.39 Å². The van der Waals surface area contributed by atoms with Crippen molar-refractivity contribution in [1.82, 2.24) is 24.5 Å². The van der Waals surface area contributed by atoms with E-state index in [2.05, 4.69) is 25.3 Å². The zero-order valence-electron chi connectivity index (χ0n) is 12.7. The summed E-state index contributed by atoms with van der Waals surface area (Å²) in [7, 11) is 0. The number of fused-ring (bicyclic) bond motifs is 1. The standard InChI is InChI=1S/C15H17FN6/c1-9(2)22-8-18-12-13(20-15(16)21-14(12)22)17-7-11-6-4-5-10(3)19-11/h4-6,8-9H,7H2,1-3H3,(H,17,20,21). The number of halogens is 1. The molecule has 0 aliphatic heterocycles. The first-order chi connectivity index (χ1) is 10.5. The van der Waals surface area contributed by atoms with Crippen LogP contribution in [0.2, 0.25) is 0 Å². The number of nitrogens with one attached hydrogen (secondary N) is 1. The minimum Gasteiger partial charge on any atom is -0.362 e. The molecule has 0 amide bonds. The van der Waals surface area contributed by atoms with Crippen molar-refractivity contribution in [3.05, 3.63) is 42.0 Å². The third-order valence-electron chi connectivity index (χ3n) is 3.33. The van der Waals surface area contributed by atoms with Gasteiger partial charge in [0.15, 0.2) is 17.0 Å². The third-order valence-corrected chi connectivity index (χ3v) is 3.33. The van der Waals surface area contributed by atoms with E-state index in [0.717, 1.165) is 11.4 Å². The maximum absolute atomic E-state index is 13.7. The van der Waals surface area contributed by atoms with E-state index in [4.69, 9.17) is 0 Å². The molecule has 7 heteroatoms. The van der Waals surface area contributed by atoms with Crippen LogP contribution in [0.3, 0.4) is 0 Å². The van der Waals surface area contributed by atoms with E-state index >= 15 is 0 Å². The van der Waals surface area contributed by atoms with E-state index in [1.54, 1.807) is 6.33 Å². The van der Waals surface area contributed by atoms with Gasteiger partial charge in [-0.25, -0.2) is 4.98 Å². The van der Waals surface area contributed by atoms with Crippen molar-refractivity contribution in [2.24, 2.45) is 0 Å². The second-order valence-electron chi connectivity index (χ2n) is 5.38. The van der Waals surface area contributed by atoms with Gasteiger partial charge in [0.25, 0.3) is 0 Å². The fraction of sp³-hybridized carbons (Fsp3) is 0.333. The van der Waals surface area contributed by atoms with Gasteiger partial charge in [0, 0.05) is 11.7 Å². The van der Waals surface area contributed by atoms with Crippen LogP contribution in [0.5, 0.6) is 0 Å². The Bertz CT molecular complexity index is 811. The third kappa shape index (κ3) is 2.74. The Labute approximate surface area is 127 Å². The van der Waals surface area contributed by atoms with E-state index in [0.29, 0.717) is 23.5 Å². The highest BCUT2D eigenvalue weighted by Crippen LogP contribution is 2.21. The SMILES string of the molecule is Cc1cccc(CNc2nc(F)nc3c2ncn3C(C)C)n1. The number of rotatable bonds is 4. The van der Waals surface area contributed by atoms with Gasteiger partial charge in [-0.05, 0) is 32.9 Å². The molecule has 0 radical (unpaired) electrons. The topological polar surface area (TPSA) is 68.5 Å². The lowest BCUT2D eigenvalue weighted by molar-refractivity contribution is 0.537. The Balaban J connectivity index is 1.93. The van der Waals surface area contributed by atoms with Crippen LogP contribution in [-0.2, 0) is 6.54 Å². The van der Waals surface area contributed by atoms with Crippen molar-refractivity contribution >= 4 is 17.0 Å². The van der Waals surface area contributed by atoms with Gasteiger partial charge in [0.1, 0.15) is 0 Å². The first-order valence-corrected chi connectivity index (χ1v) is 7.11. The average Bonchev–Trinajstić information content (AvgIpc) is 2.88. The van der Waals surface area contributed by atoms with Crippen molar-refractivity contribution in [1.29, 1.82) is 0 Å². The molecule has 1 N–H and O–H groups in total. The monoisotopic (exact) mass is 300 g/mol. The highest BCUT2D eigenvalue weighted by Gasteiger charge is 2.14. The van der Waals surface area contributed by atoms with Crippen LogP contribution >= 0.6 is 0 Å². The predicted octanol–water partition coefficient (Wildman–Crippen LogP) is 2.86. The summed E-state index contributed by atoms with van der Waals surface area (Å²) in [5, 5.41) is 3.09. The molecular formula is C15H17FN6. The number of imidazole rings is 1. The van der Waals surface area contributed by atoms with Gasteiger partial charge in [0.2, 0.25) is 0 Å². The summed E-state index contributed by atoms with van der Waals surface area (Å²) in [6.45, 7) is 6.36. The van der Waals surface area contributed by atoms with Gasteiger partial charge >= 0.3 is 6.08 Å². The minimum atomic E-state index is -0.769. The average molecular weight is 300 g/mol. The molecule has 0 fully saturated rings. The van der Waals surface area contributed by atoms with E-state index in [-0.39, 0.29) is 6.04 Å². The molecule has 3 aromatic rings. The number of anilines is 1. The number of hydrogen-bond donors (Lipinski definition) is 1. The zero-order valence-corrected chi connectivity index (χ0v) is 12.7. The van der Waals surface area contributed by atoms with Crippen LogP contribution in [0, 0.1) is 13.0 Å². The molecule has 3 aromatic heterocycles. The second-order valence-corrected chi connectivity index (χ2v) is 5.38. The van der Waals surface area contributed by atoms with Crippen molar-refractivity contribution in [2.75, 3.05) is 5.32 Å². The zero-order chi connectivity index (χ0) is 15.7. The lowest BCUT2D eigenvalue weighted by Crippen LogP contribution is -2.07. The van der Waals surface area contributed by atoms with Gasteiger partial charge in [-0.15, -0.1) is 0 Å². The quantitative estimate of drug-likeness (QED) is 0.750. The highest BCUT2D eigenvalue weighted by atomic mass is 19.1. The van der Waals surface area contributed by atoms with Crippen molar-refractivity contribution in [3.8, 4) is 0 Å². The first kappa shape index (κ1) is 14.4. The van der Waals surface area contributed by atoms with Gasteiger partial charge in [-0.2, -0.15) is 14.4 Å². The number of aromatic nitrogens is 5.